The summed E-state index contributed by atoms with van der Waals surface area (Å²) in [4.78, 5) is 0. The third-order valence-corrected chi connectivity index (χ3v) is 2.23. The molecule has 0 radical (unpaired) electrons. The quantitative estimate of drug-likeness (QED) is 0.478. The van der Waals surface area contributed by atoms with Crippen molar-refractivity contribution in [1.82, 2.24) is 0 Å². The minimum atomic E-state index is -4.25. The number of hydrogen-bond donors (Lipinski definition) is 2. The van der Waals surface area contributed by atoms with Crippen LogP contribution in [0.4, 0.5) is 22.0 Å². The monoisotopic (exact) mass is 282 g/mol. The summed E-state index contributed by atoms with van der Waals surface area (Å²) in [7, 11) is 0. The van der Waals surface area contributed by atoms with Crippen molar-refractivity contribution in [1.29, 1.82) is 5.41 Å². The molecule has 3 N–H and O–H groups in total. The number of nitrogens with two attached hydrogens (primary N) is 1. The van der Waals surface area contributed by atoms with Crippen molar-refractivity contribution in [3.05, 3.63) is 35.1 Å². The van der Waals surface area contributed by atoms with E-state index in [9.17, 15) is 22.0 Å². The third-order valence-electron chi connectivity index (χ3n) is 2.23. The van der Waals surface area contributed by atoms with Gasteiger partial charge in [-0.15, -0.1) is 0 Å². The number of halogens is 5. The Labute approximate surface area is 105 Å². The Hall–Kier alpha value is -1.70. The normalized spacial score (nSPS) is 11.9. The van der Waals surface area contributed by atoms with Crippen molar-refractivity contribution >= 4 is 5.84 Å². The fraction of sp³-hybridized carbons (Fsp3) is 0.364. The van der Waals surface area contributed by atoms with Gasteiger partial charge < -0.3 is 10.5 Å². The van der Waals surface area contributed by atoms with Gasteiger partial charge in [0.15, 0.2) is 0 Å². The first kappa shape index (κ1) is 15.4. The minimum absolute atomic E-state index is 0.0274. The zero-order valence-corrected chi connectivity index (χ0v) is 9.60. The van der Waals surface area contributed by atoms with Crippen LogP contribution in [0.15, 0.2) is 18.2 Å². The van der Waals surface area contributed by atoms with E-state index in [0.29, 0.717) is 0 Å². The van der Waals surface area contributed by atoms with E-state index in [1.54, 1.807) is 0 Å². The van der Waals surface area contributed by atoms with E-state index in [4.69, 9.17) is 11.1 Å². The fourth-order valence-electron chi connectivity index (χ4n) is 1.29. The first-order valence-corrected chi connectivity index (χ1v) is 5.10. The number of hydrogen-bond acceptors (Lipinski definition) is 2. The summed E-state index contributed by atoms with van der Waals surface area (Å²) < 4.78 is 66.3. The Balaban J connectivity index is 2.71. The Morgan fingerprint density at radius 2 is 2.00 bits per heavy atom. The number of nitrogens with one attached hydrogen (secondary N) is 1. The molecule has 1 aromatic carbocycles. The predicted molar refractivity (Wildman–Crippen MR) is 58.0 cm³/mol. The van der Waals surface area contributed by atoms with E-state index in [0.717, 1.165) is 12.1 Å². The second kappa shape index (κ2) is 5.96. The van der Waals surface area contributed by atoms with Crippen LogP contribution in [0.3, 0.4) is 0 Å². The molecule has 8 heteroatoms. The molecule has 3 nitrogen and oxygen atoms in total. The van der Waals surface area contributed by atoms with Crippen molar-refractivity contribution in [3.63, 3.8) is 0 Å². The zero-order chi connectivity index (χ0) is 14.6. The maximum absolute atomic E-state index is 12.9. The highest BCUT2D eigenvalue weighted by Crippen LogP contribution is 2.23. The van der Waals surface area contributed by atoms with Crippen LogP contribution in [0.25, 0.3) is 0 Å². The van der Waals surface area contributed by atoms with Gasteiger partial charge in [-0.3, -0.25) is 5.41 Å². The van der Waals surface area contributed by atoms with Gasteiger partial charge in [-0.25, -0.2) is 13.2 Å². The van der Waals surface area contributed by atoms with E-state index < -0.39 is 37.2 Å². The lowest BCUT2D eigenvalue weighted by molar-refractivity contribution is -0.168. The second-order valence-corrected chi connectivity index (χ2v) is 3.77. The molecule has 0 fully saturated rings. The van der Waals surface area contributed by atoms with Crippen molar-refractivity contribution in [2.24, 2.45) is 5.73 Å². The van der Waals surface area contributed by atoms with Crippen molar-refractivity contribution in [2.45, 2.75) is 19.0 Å². The first-order valence-electron chi connectivity index (χ1n) is 5.10. The van der Waals surface area contributed by atoms with Gasteiger partial charge in [-0.05, 0) is 17.7 Å². The molecule has 0 heterocycles. The lowest BCUT2D eigenvalue weighted by atomic mass is 10.1. The van der Waals surface area contributed by atoms with Crippen LogP contribution >= 0.6 is 0 Å². The SMILES string of the molecule is N=C(N)c1cc(F)ccc1COCC(F)(F)C(F)F. The molecule has 19 heavy (non-hydrogen) atoms. The van der Waals surface area contributed by atoms with E-state index in [1.807, 2.05) is 0 Å². The maximum atomic E-state index is 12.9. The summed E-state index contributed by atoms with van der Waals surface area (Å²) in [6.45, 7) is -1.95. The lowest BCUT2D eigenvalue weighted by Gasteiger charge is -2.16. The second-order valence-electron chi connectivity index (χ2n) is 3.77. The Kier molecular flexibility index (Phi) is 4.82. The smallest absolute Gasteiger partial charge is 0.330 e. The van der Waals surface area contributed by atoms with Gasteiger partial charge >= 0.3 is 12.3 Å². The van der Waals surface area contributed by atoms with Crippen molar-refractivity contribution in [2.75, 3.05) is 6.61 Å². The molecule has 0 spiro atoms. The molecule has 1 rings (SSSR count). The molecule has 0 aliphatic heterocycles. The number of benzene rings is 1. The minimum Gasteiger partial charge on any atom is -0.384 e. The van der Waals surface area contributed by atoms with E-state index in [1.165, 1.54) is 6.07 Å². The molecule has 0 aromatic heterocycles. The van der Waals surface area contributed by atoms with Gasteiger partial charge in [0.25, 0.3) is 0 Å². The highest BCUT2D eigenvalue weighted by Gasteiger charge is 2.40. The number of nitrogen functional groups attached to an aromatic ring is 1. The molecular weight excluding hydrogens is 271 g/mol. The Morgan fingerprint density at radius 3 is 2.53 bits per heavy atom. The summed E-state index contributed by atoms with van der Waals surface area (Å²) in [5.41, 5.74) is 5.32. The fourth-order valence-corrected chi connectivity index (χ4v) is 1.29. The van der Waals surface area contributed by atoms with Crippen LogP contribution in [0.5, 0.6) is 0 Å². The predicted octanol–water partition coefficient (Wildman–Crippen LogP) is 2.53. The van der Waals surface area contributed by atoms with Crippen LogP contribution in [-0.4, -0.2) is 24.8 Å². The summed E-state index contributed by atoms with van der Waals surface area (Å²) in [5.74, 6) is -5.39. The molecule has 0 aliphatic rings. The Bertz CT molecular complexity index is 464. The van der Waals surface area contributed by atoms with E-state index in [2.05, 4.69) is 4.74 Å². The van der Waals surface area contributed by atoms with Gasteiger partial charge in [0.2, 0.25) is 0 Å². The van der Waals surface area contributed by atoms with Crippen LogP contribution < -0.4 is 5.73 Å². The number of alkyl halides is 4. The number of rotatable bonds is 6. The zero-order valence-electron chi connectivity index (χ0n) is 9.60. The largest absolute Gasteiger partial charge is 0.384 e. The molecular formula is C11H11F5N2O. The van der Waals surface area contributed by atoms with Crippen LogP contribution in [0, 0.1) is 11.2 Å². The molecule has 0 atom stereocenters. The molecule has 0 saturated carbocycles. The van der Waals surface area contributed by atoms with Crippen LogP contribution in [-0.2, 0) is 11.3 Å². The molecule has 0 bridgehead atoms. The molecule has 0 amide bonds. The average Bonchev–Trinajstić information content (AvgIpc) is 2.30. The lowest BCUT2D eigenvalue weighted by Crippen LogP contribution is -2.32. The summed E-state index contributed by atoms with van der Waals surface area (Å²) in [6.07, 6.45) is -3.83. The highest BCUT2D eigenvalue weighted by atomic mass is 19.3. The van der Waals surface area contributed by atoms with Crippen LogP contribution in [0.1, 0.15) is 11.1 Å². The van der Waals surface area contributed by atoms with Gasteiger partial charge in [-0.1, -0.05) is 6.07 Å². The third kappa shape index (κ3) is 4.16. The van der Waals surface area contributed by atoms with Gasteiger partial charge in [0.1, 0.15) is 18.3 Å². The summed E-state index contributed by atoms with van der Waals surface area (Å²) in [6, 6.07) is 3.15. The summed E-state index contributed by atoms with van der Waals surface area (Å²) in [5, 5.41) is 7.19. The van der Waals surface area contributed by atoms with Crippen molar-refractivity contribution in [3.8, 4) is 0 Å². The molecule has 1 aromatic rings. The molecule has 106 valence electrons. The standard InChI is InChI=1S/C11H11F5N2O/c12-7-2-1-6(8(3-7)9(17)18)4-19-5-11(15,16)10(13)14/h1-3,10H,4-5H2,(H3,17,18). The van der Waals surface area contributed by atoms with Crippen molar-refractivity contribution < 1.29 is 26.7 Å². The highest BCUT2D eigenvalue weighted by molar-refractivity contribution is 5.96. The molecule has 0 unspecified atom stereocenters. The number of amidine groups is 1. The van der Waals surface area contributed by atoms with Gasteiger partial charge in [0, 0.05) is 5.56 Å². The molecule has 0 aliphatic carbocycles. The summed E-state index contributed by atoms with van der Waals surface area (Å²) >= 11 is 0. The molecule has 0 saturated heterocycles. The average molecular weight is 282 g/mol. The maximum Gasteiger partial charge on any atom is 0.330 e. The van der Waals surface area contributed by atoms with E-state index in [-0.39, 0.29) is 11.1 Å². The topological polar surface area (TPSA) is 59.1 Å². The van der Waals surface area contributed by atoms with E-state index >= 15 is 0 Å². The Morgan fingerprint density at radius 1 is 1.37 bits per heavy atom. The van der Waals surface area contributed by atoms with Gasteiger partial charge in [-0.2, -0.15) is 8.78 Å². The van der Waals surface area contributed by atoms with Gasteiger partial charge in [0.05, 0.1) is 6.61 Å². The number of ether oxygens (including phenoxy) is 1. The first-order chi connectivity index (χ1) is 8.74. The van der Waals surface area contributed by atoms with Crippen LogP contribution in [0.2, 0.25) is 0 Å².